The van der Waals surface area contributed by atoms with Crippen LogP contribution in [0, 0.1) is 0 Å². The highest BCUT2D eigenvalue weighted by Crippen LogP contribution is 2.36. The number of amides is 1. The van der Waals surface area contributed by atoms with Crippen molar-refractivity contribution in [1.29, 1.82) is 0 Å². The van der Waals surface area contributed by atoms with Crippen molar-refractivity contribution in [2.75, 3.05) is 12.4 Å². The van der Waals surface area contributed by atoms with Gasteiger partial charge in [-0.1, -0.05) is 75.6 Å². The maximum absolute atomic E-state index is 13.2. The largest absolute Gasteiger partial charge is 0.467 e. The van der Waals surface area contributed by atoms with Crippen LogP contribution in [0.3, 0.4) is 0 Å². The fourth-order valence-corrected chi connectivity index (χ4v) is 3.83. The monoisotopic (exact) mass is 450 g/mol. The van der Waals surface area contributed by atoms with Crippen molar-refractivity contribution in [3.63, 3.8) is 0 Å². The lowest BCUT2D eigenvalue weighted by molar-refractivity contribution is -0.143. The Morgan fingerprint density at radius 3 is 2.52 bits per heavy atom. The minimum Gasteiger partial charge on any atom is -0.467 e. The van der Waals surface area contributed by atoms with Gasteiger partial charge in [-0.15, -0.1) is 0 Å². The van der Waals surface area contributed by atoms with E-state index in [0.717, 1.165) is 12.0 Å². The molecular weight excluding hydrogens is 416 g/mol. The van der Waals surface area contributed by atoms with E-state index in [-0.39, 0.29) is 11.6 Å². The van der Waals surface area contributed by atoms with Crippen molar-refractivity contribution in [3.8, 4) is 0 Å². The van der Waals surface area contributed by atoms with Crippen LogP contribution in [0.5, 0.6) is 0 Å². The molecule has 1 amide bonds. The summed E-state index contributed by atoms with van der Waals surface area (Å²) in [7, 11) is 1.30. The first kappa shape index (κ1) is 25.6. The highest BCUT2D eigenvalue weighted by molar-refractivity contribution is 6.01. The number of allylic oxidation sites excluding steroid dienone is 2. The molecule has 0 saturated carbocycles. The molecule has 1 aromatic carbocycles. The third-order valence-electron chi connectivity index (χ3n) is 5.40. The van der Waals surface area contributed by atoms with Gasteiger partial charge >= 0.3 is 5.97 Å². The van der Waals surface area contributed by atoms with Crippen molar-refractivity contribution < 1.29 is 14.3 Å². The first-order valence-corrected chi connectivity index (χ1v) is 11.1. The van der Waals surface area contributed by atoms with Crippen LogP contribution in [0.2, 0.25) is 0 Å². The van der Waals surface area contributed by atoms with Crippen molar-refractivity contribution in [2.24, 2.45) is 0 Å². The van der Waals surface area contributed by atoms with Gasteiger partial charge < -0.3 is 15.4 Å². The zero-order valence-corrected chi connectivity index (χ0v) is 20.1. The molecule has 0 radical (unpaired) electrons. The molecule has 2 heterocycles. The molecule has 176 valence electrons. The van der Waals surface area contributed by atoms with E-state index in [9.17, 15) is 9.59 Å². The third-order valence-corrected chi connectivity index (χ3v) is 5.40. The number of methoxy groups -OCH3 is 1. The SMILES string of the molecule is C=C/C=C(\C=C)C1CC(C)(C)n2ncc(C(=O)NC(C(=O)OC)c3ccccc3)c2N1.CC. The van der Waals surface area contributed by atoms with Crippen LogP contribution >= 0.6 is 0 Å². The van der Waals surface area contributed by atoms with Crippen LogP contribution in [0.15, 0.2) is 73.5 Å². The molecule has 3 rings (SSSR count). The molecule has 33 heavy (non-hydrogen) atoms. The summed E-state index contributed by atoms with van der Waals surface area (Å²) in [5, 5.41) is 10.7. The Balaban J connectivity index is 0.00000187. The van der Waals surface area contributed by atoms with Crippen LogP contribution in [-0.4, -0.2) is 34.8 Å². The van der Waals surface area contributed by atoms with Gasteiger partial charge in [0.2, 0.25) is 0 Å². The molecule has 7 nitrogen and oxygen atoms in total. The zero-order valence-electron chi connectivity index (χ0n) is 20.1. The first-order chi connectivity index (χ1) is 15.8. The molecule has 0 bridgehead atoms. The molecule has 7 heteroatoms. The van der Waals surface area contributed by atoms with Gasteiger partial charge in [-0.05, 0) is 31.4 Å². The normalized spacial score (nSPS) is 17.2. The Morgan fingerprint density at radius 2 is 1.94 bits per heavy atom. The average Bonchev–Trinajstić information content (AvgIpc) is 3.27. The van der Waals surface area contributed by atoms with Crippen molar-refractivity contribution in [1.82, 2.24) is 15.1 Å². The minimum absolute atomic E-state index is 0.0632. The summed E-state index contributed by atoms with van der Waals surface area (Å²) in [5.74, 6) is -0.376. The van der Waals surface area contributed by atoms with Gasteiger partial charge in [0, 0.05) is 0 Å². The molecule has 2 aromatic rings. The second-order valence-corrected chi connectivity index (χ2v) is 7.98. The van der Waals surface area contributed by atoms with Gasteiger partial charge in [0.1, 0.15) is 11.4 Å². The number of carbonyl (C=O) groups is 2. The summed E-state index contributed by atoms with van der Waals surface area (Å²) < 4.78 is 6.71. The summed E-state index contributed by atoms with van der Waals surface area (Å²) in [4.78, 5) is 25.6. The number of esters is 1. The predicted octanol–water partition coefficient (Wildman–Crippen LogP) is 4.77. The molecule has 0 fully saturated rings. The second kappa shape index (κ2) is 11.3. The number of rotatable bonds is 7. The van der Waals surface area contributed by atoms with E-state index in [0.29, 0.717) is 16.9 Å². The Bertz CT molecular complexity index is 1020. The Hall–Kier alpha value is -3.61. The van der Waals surface area contributed by atoms with Crippen LogP contribution in [-0.2, 0) is 15.1 Å². The smallest absolute Gasteiger partial charge is 0.333 e. The molecule has 0 aliphatic carbocycles. The van der Waals surface area contributed by atoms with Gasteiger partial charge in [0.25, 0.3) is 5.91 Å². The van der Waals surface area contributed by atoms with Gasteiger partial charge in [0.05, 0.1) is 24.9 Å². The molecule has 0 saturated heterocycles. The quantitative estimate of drug-likeness (QED) is 0.469. The fourth-order valence-electron chi connectivity index (χ4n) is 3.83. The second-order valence-electron chi connectivity index (χ2n) is 7.98. The van der Waals surface area contributed by atoms with E-state index in [4.69, 9.17) is 4.74 Å². The summed E-state index contributed by atoms with van der Waals surface area (Å²) in [6, 6.07) is 7.99. The first-order valence-electron chi connectivity index (χ1n) is 11.1. The molecule has 2 N–H and O–H groups in total. The van der Waals surface area contributed by atoms with E-state index in [2.05, 4.69) is 42.7 Å². The zero-order chi connectivity index (χ0) is 24.6. The van der Waals surface area contributed by atoms with Crippen LogP contribution in [0.4, 0.5) is 5.82 Å². The Kier molecular flexibility index (Phi) is 8.79. The lowest BCUT2D eigenvalue weighted by Crippen LogP contribution is -2.43. The van der Waals surface area contributed by atoms with Crippen molar-refractivity contribution >= 4 is 17.7 Å². The highest BCUT2D eigenvalue weighted by atomic mass is 16.5. The van der Waals surface area contributed by atoms with Gasteiger partial charge in [-0.2, -0.15) is 5.10 Å². The molecule has 1 aliphatic heterocycles. The number of hydrogen-bond donors (Lipinski definition) is 2. The van der Waals surface area contributed by atoms with E-state index < -0.39 is 17.9 Å². The number of anilines is 1. The number of ether oxygens (including phenoxy) is 1. The number of aromatic nitrogens is 2. The summed E-state index contributed by atoms with van der Waals surface area (Å²) in [6.07, 6.45) is 7.67. The van der Waals surface area contributed by atoms with Crippen molar-refractivity contribution in [2.45, 2.75) is 51.7 Å². The standard InChI is InChI=1S/C24H28N4O3.C2H6/c1-6-11-16(7-2)19-14-24(3,4)28-21(26-19)18(15-25-28)22(29)27-20(23(30)31-5)17-12-9-8-10-13-17;1-2/h6-13,15,19-20,26H,1-2,14H2,3-5H3,(H,27,29);1-2H3/b16-11+;. The molecular formula is C26H34N4O3. The molecule has 1 aromatic heterocycles. The maximum atomic E-state index is 13.2. The fraction of sp³-hybridized carbons (Fsp3) is 0.346. The van der Waals surface area contributed by atoms with Crippen LogP contribution < -0.4 is 10.6 Å². The molecule has 2 unspecified atom stereocenters. The third kappa shape index (κ3) is 5.61. The highest BCUT2D eigenvalue weighted by Gasteiger charge is 2.37. The number of benzene rings is 1. The number of carbonyl (C=O) groups excluding carboxylic acids is 2. The van der Waals surface area contributed by atoms with Gasteiger partial charge in [-0.3, -0.25) is 4.79 Å². The topological polar surface area (TPSA) is 85.2 Å². The number of hydrogen-bond acceptors (Lipinski definition) is 5. The van der Waals surface area contributed by atoms with Crippen molar-refractivity contribution in [3.05, 3.63) is 84.6 Å². The Labute approximate surface area is 196 Å². The average molecular weight is 451 g/mol. The number of nitrogens with one attached hydrogen (secondary N) is 2. The van der Waals surface area contributed by atoms with E-state index in [1.165, 1.54) is 13.3 Å². The lowest BCUT2D eigenvalue weighted by atomic mass is 9.88. The molecule has 0 spiro atoms. The van der Waals surface area contributed by atoms with Crippen LogP contribution in [0.25, 0.3) is 0 Å². The van der Waals surface area contributed by atoms with E-state index >= 15 is 0 Å². The molecule has 1 aliphatic rings. The Morgan fingerprint density at radius 1 is 1.27 bits per heavy atom. The number of fused-ring (bicyclic) bond motifs is 1. The van der Waals surface area contributed by atoms with Crippen LogP contribution in [0.1, 0.15) is 56.1 Å². The predicted molar refractivity (Wildman–Crippen MR) is 132 cm³/mol. The molecule has 2 atom stereocenters. The van der Waals surface area contributed by atoms with Gasteiger partial charge in [-0.25, -0.2) is 9.48 Å². The van der Waals surface area contributed by atoms with E-state index in [1.807, 2.05) is 30.7 Å². The van der Waals surface area contributed by atoms with Gasteiger partial charge in [0.15, 0.2) is 6.04 Å². The minimum atomic E-state index is -0.925. The summed E-state index contributed by atoms with van der Waals surface area (Å²) >= 11 is 0. The summed E-state index contributed by atoms with van der Waals surface area (Å²) in [5.41, 5.74) is 1.62. The maximum Gasteiger partial charge on any atom is 0.333 e. The summed E-state index contributed by atoms with van der Waals surface area (Å²) in [6.45, 7) is 15.8. The van der Waals surface area contributed by atoms with E-state index in [1.54, 1.807) is 36.4 Å². The number of nitrogens with zero attached hydrogens (tertiary/aromatic N) is 2. The lowest BCUT2D eigenvalue weighted by Gasteiger charge is -2.38.